The molecule has 4 rings (SSSR count). The van der Waals surface area contributed by atoms with Gasteiger partial charge in [0.05, 0.1) is 6.42 Å². The summed E-state index contributed by atoms with van der Waals surface area (Å²) in [7, 11) is 0. The zero-order valence-corrected chi connectivity index (χ0v) is 17.1. The third kappa shape index (κ3) is 4.82. The van der Waals surface area contributed by atoms with Crippen LogP contribution in [0.25, 0.3) is 0 Å². The molecule has 3 aliphatic heterocycles. The number of pyridine rings is 1. The molecule has 2 saturated heterocycles. The van der Waals surface area contributed by atoms with Crippen LogP contribution in [0.1, 0.15) is 56.2 Å². The number of nitrogens with one attached hydrogen (secondary N) is 1. The van der Waals surface area contributed by atoms with Crippen LogP contribution < -0.4 is 5.32 Å². The zero-order valence-electron chi connectivity index (χ0n) is 17.1. The quantitative estimate of drug-likeness (QED) is 0.811. The Kier molecular flexibility index (Phi) is 6.21. The van der Waals surface area contributed by atoms with E-state index in [0.717, 1.165) is 82.5 Å². The van der Waals surface area contributed by atoms with Crippen LogP contribution in [0.2, 0.25) is 0 Å². The molecule has 1 aromatic rings. The fourth-order valence-corrected chi connectivity index (χ4v) is 5.03. The lowest BCUT2D eigenvalue weighted by atomic mass is 9.92. The van der Waals surface area contributed by atoms with Crippen LogP contribution in [0.5, 0.6) is 0 Å². The highest BCUT2D eigenvalue weighted by atomic mass is 16.4. The molecule has 29 heavy (non-hydrogen) atoms. The minimum atomic E-state index is -0.821. The fraction of sp³-hybridized carbons (Fsp3) is 0.682. The third-order valence-corrected chi connectivity index (χ3v) is 6.52. The molecule has 1 aromatic heterocycles. The van der Waals surface area contributed by atoms with Gasteiger partial charge < -0.3 is 20.2 Å². The number of piperidine rings is 2. The van der Waals surface area contributed by atoms with Crippen molar-refractivity contribution in [2.75, 3.05) is 31.5 Å². The van der Waals surface area contributed by atoms with Gasteiger partial charge >= 0.3 is 12.0 Å². The van der Waals surface area contributed by atoms with Gasteiger partial charge in [0.2, 0.25) is 0 Å². The van der Waals surface area contributed by atoms with Crippen LogP contribution in [0.3, 0.4) is 0 Å². The van der Waals surface area contributed by atoms with E-state index in [1.165, 1.54) is 5.56 Å². The molecule has 0 radical (unpaired) electrons. The number of likely N-dealkylation sites (tertiary alicyclic amines) is 2. The van der Waals surface area contributed by atoms with E-state index in [4.69, 9.17) is 4.98 Å². The van der Waals surface area contributed by atoms with Gasteiger partial charge in [-0.25, -0.2) is 9.78 Å². The Morgan fingerprint density at radius 3 is 2.90 bits per heavy atom. The van der Waals surface area contributed by atoms with Crippen molar-refractivity contribution in [1.82, 2.24) is 14.8 Å². The number of anilines is 1. The number of hydrogen-bond donors (Lipinski definition) is 2. The first-order valence-corrected chi connectivity index (χ1v) is 11.1. The molecule has 0 bridgehead atoms. The zero-order chi connectivity index (χ0) is 20.2. The Hall–Kier alpha value is -2.31. The van der Waals surface area contributed by atoms with Gasteiger partial charge in [0.25, 0.3) is 0 Å². The topological polar surface area (TPSA) is 85.8 Å². The van der Waals surface area contributed by atoms with Gasteiger partial charge in [0.15, 0.2) is 0 Å². The van der Waals surface area contributed by atoms with E-state index in [0.29, 0.717) is 12.5 Å². The summed E-state index contributed by atoms with van der Waals surface area (Å²) in [4.78, 5) is 33.0. The van der Waals surface area contributed by atoms with Crippen molar-refractivity contribution in [1.29, 1.82) is 0 Å². The summed E-state index contributed by atoms with van der Waals surface area (Å²) in [5.74, 6) is 0.616. The summed E-state index contributed by atoms with van der Waals surface area (Å²) in [6.07, 6.45) is 8.05. The predicted octanol–water partition coefficient (Wildman–Crippen LogP) is 3.14. The molecule has 2 atom stereocenters. The van der Waals surface area contributed by atoms with Gasteiger partial charge in [0.1, 0.15) is 5.82 Å². The molecular formula is C22H32N4O3. The summed E-state index contributed by atoms with van der Waals surface area (Å²) >= 11 is 0. The molecule has 158 valence electrons. The predicted molar refractivity (Wildman–Crippen MR) is 111 cm³/mol. The minimum absolute atomic E-state index is 0.0284. The van der Waals surface area contributed by atoms with Gasteiger partial charge in [-0.05, 0) is 68.9 Å². The van der Waals surface area contributed by atoms with Gasteiger partial charge in [-0.2, -0.15) is 0 Å². The van der Waals surface area contributed by atoms with E-state index in [1.54, 1.807) is 0 Å². The van der Waals surface area contributed by atoms with Crippen LogP contribution >= 0.6 is 0 Å². The SMILES string of the molecule is O=C(O)CC1CCCCN1C(=O)N1CCCC(Cc2ccc3c(n2)NCCC3)C1. The number of aliphatic carboxylic acids is 1. The van der Waals surface area contributed by atoms with E-state index in [1.807, 2.05) is 9.80 Å². The number of rotatable bonds is 4. The second kappa shape index (κ2) is 9.01. The Balaban J connectivity index is 1.38. The van der Waals surface area contributed by atoms with Crippen LogP contribution in [0.15, 0.2) is 12.1 Å². The van der Waals surface area contributed by atoms with Crippen LogP contribution in [-0.2, 0) is 17.6 Å². The maximum Gasteiger partial charge on any atom is 0.320 e. The van der Waals surface area contributed by atoms with Crippen molar-refractivity contribution in [3.8, 4) is 0 Å². The van der Waals surface area contributed by atoms with E-state index >= 15 is 0 Å². The van der Waals surface area contributed by atoms with Crippen molar-refractivity contribution in [3.63, 3.8) is 0 Å². The first kappa shape index (κ1) is 20.0. The van der Waals surface area contributed by atoms with Gasteiger partial charge in [-0.3, -0.25) is 4.79 Å². The highest BCUT2D eigenvalue weighted by Gasteiger charge is 2.33. The van der Waals surface area contributed by atoms with E-state index in [-0.39, 0.29) is 18.5 Å². The monoisotopic (exact) mass is 400 g/mol. The molecule has 2 unspecified atom stereocenters. The highest BCUT2D eigenvalue weighted by Crippen LogP contribution is 2.27. The summed E-state index contributed by atoms with van der Waals surface area (Å²) in [6, 6.07) is 4.20. The van der Waals surface area contributed by atoms with Gasteiger partial charge in [-0.15, -0.1) is 0 Å². The molecule has 2 amide bonds. The smallest absolute Gasteiger partial charge is 0.320 e. The van der Waals surface area contributed by atoms with Gasteiger partial charge in [-0.1, -0.05) is 6.07 Å². The molecule has 0 aliphatic carbocycles. The maximum atomic E-state index is 13.2. The number of aryl methyl sites for hydroxylation is 1. The first-order valence-electron chi connectivity index (χ1n) is 11.1. The number of nitrogens with zero attached hydrogens (tertiary/aromatic N) is 3. The lowest BCUT2D eigenvalue weighted by Crippen LogP contribution is -2.53. The summed E-state index contributed by atoms with van der Waals surface area (Å²) in [5, 5.41) is 12.6. The molecule has 0 aromatic carbocycles. The van der Waals surface area contributed by atoms with E-state index < -0.39 is 5.97 Å². The molecule has 0 spiro atoms. The highest BCUT2D eigenvalue weighted by molar-refractivity contribution is 5.76. The fourth-order valence-electron chi connectivity index (χ4n) is 5.03. The Morgan fingerprint density at radius 1 is 1.14 bits per heavy atom. The van der Waals surface area contributed by atoms with Crippen molar-refractivity contribution < 1.29 is 14.7 Å². The number of hydrogen-bond acceptors (Lipinski definition) is 4. The number of amides is 2. The number of carbonyl (C=O) groups is 2. The third-order valence-electron chi connectivity index (χ3n) is 6.52. The van der Waals surface area contributed by atoms with Crippen LogP contribution in [0, 0.1) is 5.92 Å². The molecule has 0 saturated carbocycles. The van der Waals surface area contributed by atoms with Gasteiger partial charge in [0, 0.05) is 37.9 Å². The number of carbonyl (C=O) groups excluding carboxylic acids is 1. The lowest BCUT2D eigenvalue weighted by Gasteiger charge is -2.41. The number of carboxylic acid groups (broad SMARTS) is 1. The number of aromatic nitrogens is 1. The molecule has 3 aliphatic rings. The summed E-state index contributed by atoms with van der Waals surface area (Å²) < 4.78 is 0. The number of carboxylic acids is 1. The average molecular weight is 401 g/mol. The Bertz CT molecular complexity index is 754. The first-order chi connectivity index (χ1) is 14.1. The molecule has 2 fully saturated rings. The standard InChI is InChI=1S/C22H32N4O3/c27-20(28)14-19-7-1-2-12-26(19)22(29)25-11-4-5-16(15-25)13-18-9-8-17-6-3-10-23-21(17)24-18/h8-9,16,19H,1-7,10-15H2,(H,23,24)(H,27,28). The van der Waals surface area contributed by atoms with E-state index in [9.17, 15) is 14.7 Å². The van der Waals surface area contributed by atoms with Crippen molar-refractivity contribution in [2.45, 2.75) is 63.8 Å². The molecule has 4 heterocycles. The Labute approximate surface area is 172 Å². The maximum absolute atomic E-state index is 13.2. The number of fused-ring (bicyclic) bond motifs is 1. The molecular weight excluding hydrogens is 368 g/mol. The van der Waals surface area contributed by atoms with Crippen molar-refractivity contribution in [2.24, 2.45) is 5.92 Å². The second-order valence-electron chi connectivity index (χ2n) is 8.72. The lowest BCUT2D eigenvalue weighted by molar-refractivity contribution is -0.138. The Morgan fingerprint density at radius 2 is 2.03 bits per heavy atom. The number of urea groups is 1. The minimum Gasteiger partial charge on any atom is -0.481 e. The van der Waals surface area contributed by atoms with Crippen LogP contribution in [-0.4, -0.2) is 64.1 Å². The van der Waals surface area contributed by atoms with Crippen LogP contribution in [0.4, 0.5) is 10.6 Å². The molecule has 7 nitrogen and oxygen atoms in total. The summed E-state index contributed by atoms with van der Waals surface area (Å²) in [6.45, 7) is 3.17. The van der Waals surface area contributed by atoms with E-state index in [2.05, 4.69) is 17.4 Å². The molecule has 2 N–H and O–H groups in total. The molecule has 7 heteroatoms. The van der Waals surface area contributed by atoms with Crippen molar-refractivity contribution >= 4 is 17.8 Å². The largest absolute Gasteiger partial charge is 0.481 e. The second-order valence-corrected chi connectivity index (χ2v) is 8.72. The summed E-state index contributed by atoms with van der Waals surface area (Å²) in [5.41, 5.74) is 2.40. The average Bonchev–Trinajstić information content (AvgIpc) is 2.73. The normalized spacial score (nSPS) is 24.6. The van der Waals surface area contributed by atoms with Crippen molar-refractivity contribution in [3.05, 3.63) is 23.4 Å².